The van der Waals surface area contributed by atoms with Crippen molar-refractivity contribution in [1.29, 1.82) is 0 Å². The van der Waals surface area contributed by atoms with E-state index in [9.17, 15) is 0 Å². The molecule has 26 heavy (non-hydrogen) atoms. The van der Waals surface area contributed by atoms with Gasteiger partial charge in [0.05, 0.1) is 19.8 Å². The largest absolute Gasteiger partial charge is 0.496 e. The summed E-state index contributed by atoms with van der Waals surface area (Å²) in [6, 6.07) is 8.46. The number of hydrogen-bond donors (Lipinski definition) is 0. The first kappa shape index (κ1) is 19.0. The van der Waals surface area contributed by atoms with Crippen LogP contribution in [0.4, 0.5) is 0 Å². The summed E-state index contributed by atoms with van der Waals surface area (Å²) in [6.07, 6.45) is 0. The van der Waals surface area contributed by atoms with E-state index in [1.54, 1.807) is 14.2 Å². The van der Waals surface area contributed by atoms with Crippen molar-refractivity contribution in [2.24, 2.45) is 0 Å². The zero-order chi connectivity index (χ0) is 19.2. The van der Waals surface area contributed by atoms with Crippen molar-refractivity contribution in [2.45, 2.75) is 52.5 Å². The molecule has 2 aromatic carbocycles. The standard InChI is InChI=1S/C22H29O3P/c1-13-12-14(2)20(24-8)18(19(13)23-7)16-10-9-11-17-21(16)26(15(3)25-17)22(4,5)6/h9-12,15H,1-8H3/t15-,26?/m0/s1. The van der Waals surface area contributed by atoms with E-state index in [1.807, 2.05) is 0 Å². The van der Waals surface area contributed by atoms with Crippen LogP contribution in [-0.4, -0.2) is 25.2 Å². The molecule has 1 aliphatic heterocycles. The molecule has 2 aromatic rings. The third-order valence-corrected chi connectivity index (χ3v) is 8.13. The molecule has 1 heterocycles. The van der Waals surface area contributed by atoms with E-state index in [1.165, 1.54) is 10.9 Å². The van der Waals surface area contributed by atoms with E-state index in [0.717, 1.165) is 33.9 Å². The number of benzene rings is 2. The molecular formula is C22H29O3P. The zero-order valence-electron chi connectivity index (χ0n) is 17.1. The Morgan fingerprint density at radius 3 is 2.08 bits per heavy atom. The van der Waals surface area contributed by atoms with Gasteiger partial charge in [-0.2, -0.15) is 0 Å². The Morgan fingerprint density at radius 2 is 1.58 bits per heavy atom. The van der Waals surface area contributed by atoms with E-state index >= 15 is 0 Å². The lowest BCUT2D eigenvalue weighted by Gasteiger charge is -2.31. The molecular weight excluding hydrogens is 343 g/mol. The lowest BCUT2D eigenvalue weighted by molar-refractivity contribution is 0.313. The normalized spacial score (nSPS) is 19.1. The number of aryl methyl sites for hydroxylation is 2. The summed E-state index contributed by atoms with van der Waals surface area (Å²) >= 11 is 0. The van der Waals surface area contributed by atoms with Crippen LogP contribution in [0.2, 0.25) is 0 Å². The van der Waals surface area contributed by atoms with Crippen molar-refractivity contribution >= 4 is 13.2 Å². The predicted molar refractivity (Wildman–Crippen MR) is 111 cm³/mol. The number of methoxy groups -OCH3 is 2. The predicted octanol–water partition coefficient (Wildman–Crippen LogP) is 5.63. The fourth-order valence-electron chi connectivity index (χ4n) is 4.09. The van der Waals surface area contributed by atoms with Crippen LogP contribution < -0.4 is 19.5 Å². The first-order valence-electron chi connectivity index (χ1n) is 9.02. The summed E-state index contributed by atoms with van der Waals surface area (Å²) in [7, 11) is 2.97. The first-order valence-corrected chi connectivity index (χ1v) is 10.4. The average molecular weight is 372 g/mol. The van der Waals surface area contributed by atoms with Crippen LogP contribution in [-0.2, 0) is 0 Å². The lowest BCUT2D eigenvalue weighted by atomic mass is 9.97. The Labute approximate surface area is 158 Å². The minimum atomic E-state index is -0.495. The van der Waals surface area contributed by atoms with Crippen molar-refractivity contribution in [1.82, 2.24) is 0 Å². The second-order valence-corrected chi connectivity index (χ2v) is 11.1. The maximum atomic E-state index is 6.26. The van der Waals surface area contributed by atoms with Gasteiger partial charge in [-0.1, -0.05) is 32.9 Å². The Morgan fingerprint density at radius 1 is 1.00 bits per heavy atom. The van der Waals surface area contributed by atoms with E-state index in [2.05, 4.69) is 65.8 Å². The third kappa shape index (κ3) is 2.97. The molecule has 0 spiro atoms. The molecule has 0 N–H and O–H groups in total. The highest BCUT2D eigenvalue weighted by atomic mass is 31.1. The minimum Gasteiger partial charge on any atom is -0.496 e. The minimum absolute atomic E-state index is 0.148. The number of ether oxygens (including phenoxy) is 3. The van der Waals surface area contributed by atoms with Crippen LogP contribution in [0.1, 0.15) is 38.8 Å². The van der Waals surface area contributed by atoms with E-state index in [4.69, 9.17) is 14.2 Å². The van der Waals surface area contributed by atoms with Crippen LogP contribution in [0.5, 0.6) is 17.2 Å². The molecule has 3 rings (SSSR count). The lowest BCUT2D eigenvalue weighted by Crippen LogP contribution is -2.23. The molecule has 0 saturated carbocycles. The Bertz CT molecular complexity index is 808. The van der Waals surface area contributed by atoms with Crippen LogP contribution >= 0.6 is 7.92 Å². The fourth-order valence-corrected chi connectivity index (χ4v) is 7.25. The van der Waals surface area contributed by atoms with E-state index in [-0.39, 0.29) is 11.0 Å². The third-order valence-electron chi connectivity index (χ3n) is 4.90. The smallest absolute Gasteiger partial charge is 0.133 e. The zero-order valence-corrected chi connectivity index (χ0v) is 18.0. The highest BCUT2D eigenvalue weighted by Gasteiger charge is 2.41. The summed E-state index contributed by atoms with van der Waals surface area (Å²) in [5.74, 6) is 2.96. The second kappa shape index (κ2) is 6.78. The summed E-state index contributed by atoms with van der Waals surface area (Å²) in [4.78, 5) is 0. The van der Waals surface area contributed by atoms with Gasteiger partial charge in [-0.3, -0.25) is 0 Å². The van der Waals surface area contributed by atoms with Gasteiger partial charge in [0.15, 0.2) is 0 Å². The van der Waals surface area contributed by atoms with Gasteiger partial charge in [0, 0.05) is 10.9 Å². The molecule has 4 heteroatoms. The van der Waals surface area contributed by atoms with Crippen LogP contribution in [0.25, 0.3) is 11.1 Å². The van der Waals surface area contributed by atoms with E-state index in [0.29, 0.717) is 0 Å². The molecule has 140 valence electrons. The fraction of sp³-hybridized carbons (Fsp3) is 0.455. The molecule has 3 nitrogen and oxygen atoms in total. The second-order valence-electron chi connectivity index (χ2n) is 7.86. The van der Waals surface area contributed by atoms with Crippen molar-refractivity contribution in [3.05, 3.63) is 35.4 Å². The van der Waals surface area contributed by atoms with Gasteiger partial charge >= 0.3 is 0 Å². The summed E-state index contributed by atoms with van der Waals surface area (Å²) in [6.45, 7) is 13.3. The van der Waals surface area contributed by atoms with Crippen molar-refractivity contribution in [3.8, 4) is 28.4 Å². The summed E-state index contributed by atoms with van der Waals surface area (Å²) < 4.78 is 17.9. The van der Waals surface area contributed by atoms with Gasteiger partial charge < -0.3 is 14.2 Å². The molecule has 0 bridgehead atoms. The van der Waals surface area contributed by atoms with Crippen LogP contribution in [0.15, 0.2) is 24.3 Å². The van der Waals surface area contributed by atoms with Crippen LogP contribution in [0.3, 0.4) is 0 Å². The molecule has 1 aliphatic rings. The highest BCUT2D eigenvalue weighted by Crippen LogP contribution is 2.60. The topological polar surface area (TPSA) is 27.7 Å². The molecule has 0 fully saturated rings. The average Bonchev–Trinajstić information content (AvgIpc) is 2.90. The monoisotopic (exact) mass is 372 g/mol. The Balaban J connectivity index is 2.37. The van der Waals surface area contributed by atoms with Crippen molar-refractivity contribution in [3.63, 3.8) is 0 Å². The van der Waals surface area contributed by atoms with Crippen molar-refractivity contribution < 1.29 is 14.2 Å². The molecule has 0 saturated heterocycles. The van der Waals surface area contributed by atoms with Gasteiger partial charge in [0.1, 0.15) is 23.1 Å². The molecule has 0 aliphatic carbocycles. The number of fused-ring (bicyclic) bond motifs is 1. The molecule has 0 radical (unpaired) electrons. The Kier molecular flexibility index (Phi) is 4.96. The van der Waals surface area contributed by atoms with Crippen LogP contribution in [0, 0.1) is 13.8 Å². The number of rotatable bonds is 3. The first-order chi connectivity index (χ1) is 12.2. The quantitative estimate of drug-likeness (QED) is 0.654. The van der Waals surface area contributed by atoms with Gasteiger partial charge in [-0.15, -0.1) is 0 Å². The van der Waals surface area contributed by atoms with Gasteiger partial charge in [0.25, 0.3) is 0 Å². The molecule has 2 atom stereocenters. The van der Waals surface area contributed by atoms with Crippen molar-refractivity contribution in [2.75, 3.05) is 14.2 Å². The highest BCUT2D eigenvalue weighted by molar-refractivity contribution is 7.68. The molecule has 1 unspecified atom stereocenters. The van der Waals surface area contributed by atoms with Gasteiger partial charge in [0.2, 0.25) is 0 Å². The molecule has 0 amide bonds. The van der Waals surface area contributed by atoms with Gasteiger partial charge in [-0.25, -0.2) is 0 Å². The van der Waals surface area contributed by atoms with E-state index < -0.39 is 7.92 Å². The van der Waals surface area contributed by atoms with Gasteiger partial charge in [-0.05, 0) is 57.1 Å². The Hall–Kier alpha value is -1.73. The maximum absolute atomic E-state index is 6.26. The summed E-state index contributed by atoms with van der Waals surface area (Å²) in [5.41, 5.74) is 4.45. The SMILES string of the molecule is COc1c(C)cc(C)c(OC)c1-c1cccc2c1P(C(C)(C)C)[C@@H](C)O2. The molecule has 0 aromatic heterocycles. The number of hydrogen-bond acceptors (Lipinski definition) is 3. The summed E-state index contributed by atoms with van der Waals surface area (Å²) in [5, 5.41) is 1.47. The maximum Gasteiger partial charge on any atom is 0.133 e.